The summed E-state index contributed by atoms with van der Waals surface area (Å²) in [5.74, 6) is 0.116. The van der Waals surface area contributed by atoms with E-state index in [0.29, 0.717) is 12.2 Å². The highest BCUT2D eigenvalue weighted by atomic mass is 16.6. The molecular formula is C14H14O3. The summed E-state index contributed by atoms with van der Waals surface area (Å²) < 4.78 is 5.31. The Bertz CT molecular complexity index is 468. The monoisotopic (exact) mass is 230 g/mol. The number of hydrogen-bond donors (Lipinski definition) is 2. The van der Waals surface area contributed by atoms with Crippen molar-refractivity contribution >= 4 is 0 Å². The number of rotatable bonds is 4. The fourth-order valence-electron chi connectivity index (χ4n) is 1.52. The second-order valence-electron chi connectivity index (χ2n) is 3.74. The number of phenolic OH excluding ortho intramolecular Hbond substituents is 1. The van der Waals surface area contributed by atoms with Crippen LogP contribution in [0.3, 0.4) is 0 Å². The Morgan fingerprint density at radius 3 is 2.47 bits per heavy atom. The van der Waals surface area contributed by atoms with Gasteiger partial charge in [0.1, 0.15) is 5.75 Å². The largest absolute Gasteiger partial charge is 0.508 e. The second-order valence-corrected chi connectivity index (χ2v) is 3.74. The van der Waals surface area contributed by atoms with E-state index in [1.165, 1.54) is 6.07 Å². The molecule has 0 fully saturated rings. The quantitative estimate of drug-likeness (QED) is 0.794. The fourth-order valence-corrected chi connectivity index (χ4v) is 1.52. The van der Waals surface area contributed by atoms with Crippen molar-refractivity contribution in [3.63, 3.8) is 0 Å². The van der Waals surface area contributed by atoms with Gasteiger partial charge < -0.3 is 14.9 Å². The van der Waals surface area contributed by atoms with Crippen LogP contribution in [0.4, 0.5) is 0 Å². The second kappa shape index (κ2) is 5.48. The van der Waals surface area contributed by atoms with E-state index >= 15 is 0 Å². The molecule has 0 saturated carbocycles. The molecule has 88 valence electrons. The molecule has 2 N–H and O–H groups in total. The first-order chi connectivity index (χ1) is 8.25. The van der Waals surface area contributed by atoms with Crippen LogP contribution in [0, 0.1) is 0 Å². The van der Waals surface area contributed by atoms with Crippen molar-refractivity contribution in [1.29, 1.82) is 0 Å². The Hall–Kier alpha value is -1.84. The highest BCUT2D eigenvalue weighted by molar-refractivity contribution is 5.27. The number of benzene rings is 2. The zero-order valence-electron chi connectivity index (χ0n) is 9.28. The molecule has 1 atom stereocenters. The van der Waals surface area contributed by atoms with E-state index in [2.05, 4.69) is 0 Å². The summed E-state index contributed by atoms with van der Waals surface area (Å²) in [7, 11) is 0. The maximum absolute atomic E-state index is 9.77. The number of hydrogen-bond acceptors (Lipinski definition) is 3. The van der Waals surface area contributed by atoms with Crippen molar-refractivity contribution in [2.24, 2.45) is 0 Å². The number of aliphatic hydroxyl groups is 1. The van der Waals surface area contributed by atoms with Gasteiger partial charge in [-0.2, -0.15) is 0 Å². The molecule has 2 aromatic rings. The van der Waals surface area contributed by atoms with Crippen LogP contribution in [0.25, 0.3) is 0 Å². The fraction of sp³-hybridized carbons (Fsp3) is 0.143. The third-order valence-corrected chi connectivity index (χ3v) is 2.41. The Morgan fingerprint density at radius 1 is 1.00 bits per heavy atom. The van der Waals surface area contributed by atoms with E-state index in [0.717, 1.165) is 5.56 Å². The van der Waals surface area contributed by atoms with Crippen LogP contribution in [0.5, 0.6) is 5.75 Å². The Morgan fingerprint density at radius 2 is 1.76 bits per heavy atom. The highest BCUT2D eigenvalue weighted by Crippen LogP contribution is 2.20. The molecule has 0 aromatic heterocycles. The van der Waals surface area contributed by atoms with Crippen LogP contribution in [-0.4, -0.2) is 10.2 Å². The molecule has 3 nitrogen and oxygen atoms in total. The SMILES string of the molecule is Oc1cccc(C(O)OCc2ccccc2)c1. The zero-order valence-corrected chi connectivity index (χ0v) is 9.28. The van der Waals surface area contributed by atoms with Gasteiger partial charge in [-0.3, -0.25) is 0 Å². The normalized spacial score (nSPS) is 12.3. The average Bonchev–Trinajstić information content (AvgIpc) is 2.37. The number of aliphatic hydroxyl groups excluding tert-OH is 1. The molecule has 0 spiro atoms. The maximum atomic E-state index is 9.77. The molecular weight excluding hydrogens is 216 g/mol. The molecule has 2 rings (SSSR count). The van der Waals surface area contributed by atoms with Gasteiger partial charge in [-0.05, 0) is 17.7 Å². The molecule has 0 aliphatic heterocycles. The summed E-state index contributed by atoms with van der Waals surface area (Å²) in [6.07, 6.45) is -1.03. The highest BCUT2D eigenvalue weighted by Gasteiger charge is 2.08. The van der Waals surface area contributed by atoms with Gasteiger partial charge in [0.05, 0.1) is 6.61 Å². The van der Waals surface area contributed by atoms with Gasteiger partial charge in [0.25, 0.3) is 0 Å². The third-order valence-electron chi connectivity index (χ3n) is 2.41. The molecule has 0 bridgehead atoms. The van der Waals surface area contributed by atoms with Crippen LogP contribution < -0.4 is 0 Å². The van der Waals surface area contributed by atoms with Crippen LogP contribution in [0.1, 0.15) is 17.4 Å². The summed E-state index contributed by atoms with van der Waals surface area (Å²) >= 11 is 0. The maximum Gasteiger partial charge on any atom is 0.181 e. The van der Waals surface area contributed by atoms with Crippen LogP contribution >= 0.6 is 0 Å². The van der Waals surface area contributed by atoms with Gasteiger partial charge in [0.15, 0.2) is 6.29 Å². The smallest absolute Gasteiger partial charge is 0.181 e. The minimum Gasteiger partial charge on any atom is -0.508 e. The lowest BCUT2D eigenvalue weighted by Gasteiger charge is -2.12. The van der Waals surface area contributed by atoms with Crippen molar-refractivity contribution in [3.8, 4) is 5.75 Å². The Kier molecular flexibility index (Phi) is 3.75. The number of aromatic hydroxyl groups is 1. The van der Waals surface area contributed by atoms with E-state index in [1.54, 1.807) is 18.2 Å². The van der Waals surface area contributed by atoms with Crippen molar-refractivity contribution in [2.75, 3.05) is 0 Å². The zero-order chi connectivity index (χ0) is 12.1. The standard InChI is InChI=1S/C14H14O3/c15-13-8-4-7-12(9-13)14(16)17-10-11-5-2-1-3-6-11/h1-9,14-16H,10H2. The molecule has 2 aromatic carbocycles. The first-order valence-corrected chi connectivity index (χ1v) is 5.38. The van der Waals surface area contributed by atoms with Crippen molar-refractivity contribution < 1.29 is 14.9 Å². The van der Waals surface area contributed by atoms with Gasteiger partial charge in [-0.15, -0.1) is 0 Å². The molecule has 0 radical (unpaired) electrons. The molecule has 17 heavy (non-hydrogen) atoms. The molecule has 0 heterocycles. The average molecular weight is 230 g/mol. The molecule has 0 amide bonds. The minimum absolute atomic E-state index is 0.116. The summed E-state index contributed by atoms with van der Waals surface area (Å²) in [5.41, 5.74) is 1.53. The first kappa shape index (κ1) is 11.6. The minimum atomic E-state index is -1.03. The van der Waals surface area contributed by atoms with Gasteiger partial charge in [-0.1, -0.05) is 42.5 Å². The van der Waals surface area contributed by atoms with Gasteiger partial charge in [0, 0.05) is 5.56 Å². The lowest BCUT2D eigenvalue weighted by atomic mass is 10.2. The first-order valence-electron chi connectivity index (χ1n) is 5.38. The summed E-state index contributed by atoms with van der Waals surface area (Å²) in [6.45, 7) is 0.331. The van der Waals surface area contributed by atoms with E-state index in [-0.39, 0.29) is 5.75 Å². The van der Waals surface area contributed by atoms with Crippen LogP contribution in [0.15, 0.2) is 54.6 Å². The van der Waals surface area contributed by atoms with Crippen molar-refractivity contribution in [3.05, 3.63) is 65.7 Å². The van der Waals surface area contributed by atoms with Crippen LogP contribution in [-0.2, 0) is 11.3 Å². The van der Waals surface area contributed by atoms with Crippen molar-refractivity contribution in [2.45, 2.75) is 12.9 Å². The predicted octanol–water partition coefficient (Wildman–Crippen LogP) is 2.60. The van der Waals surface area contributed by atoms with Gasteiger partial charge in [-0.25, -0.2) is 0 Å². The Balaban J connectivity index is 1.96. The number of ether oxygens (including phenoxy) is 1. The lowest BCUT2D eigenvalue weighted by molar-refractivity contribution is -0.112. The third kappa shape index (κ3) is 3.31. The van der Waals surface area contributed by atoms with E-state index in [4.69, 9.17) is 4.74 Å². The van der Waals surface area contributed by atoms with E-state index in [9.17, 15) is 10.2 Å². The molecule has 3 heteroatoms. The lowest BCUT2D eigenvalue weighted by Crippen LogP contribution is -2.03. The Labute approximate surface area is 99.9 Å². The summed E-state index contributed by atoms with van der Waals surface area (Å²) in [6, 6.07) is 16.0. The molecule has 1 unspecified atom stereocenters. The van der Waals surface area contributed by atoms with Gasteiger partial charge >= 0.3 is 0 Å². The van der Waals surface area contributed by atoms with E-state index < -0.39 is 6.29 Å². The molecule has 0 aliphatic carbocycles. The number of phenols is 1. The predicted molar refractivity (Wildman–Crippen MR) is 64.3 cm³/mol. The van der Waals surface area contributed by atoms with E-state index in [1.807, 2.05) is 30.3 Å². The summed E-state index contributed by atoms with van der Waals surface area (Å²) in [5, 5.41) is 19.1. The van der Waals surface area contributed by atoms with Crippen LogP contribution in [0.2, 0.25) is 0 Å². The van der Waals surface area contributed by atoms with Crippen molar-refractivity contribution in [1.82, 2.24) is 0 Å². The molecule has 0 saturated heterocycles. The summed E-state index contributed by atoms with van der Waals surface area (Å²) in [4.78, 5) is 0. The topological polar surface area (TPSA) is 49.7 Å². The molecule has 0 aliphatic rings. The van der Waals surface area contributed by atoms with Gasteiger partial charge in [0.2, 0.25) is 0 Å².